The van der Waals surface area contributed by atoms with Crippen LogP contribution in [0.15, 0.2) is 29.3 Å². The molecule has 0 aliphatic carbocycles. The summed E-state index contributed by atoms with van der Waals surface area (Å²) in [5, 5.41) is 9.45. The average Bonchev–Trinajstić information content (AvgIpc) is 2.73. The highest BCUT2D eigenvalue weighted by atomic mass is 16.5. The van der Waals surface area contributed by atoms with Crippen LogP contribution in [0.3, 0.4) is 0 Å². The van der Waals surface area contributed by atoms with Gasteiger partial charge in [-0.25, -0.2) is 4.99 Å². The Balaban J connectivity index is 1.87. The second-order valence-corrected chi connectivity index (χ2v) is 7.09. The standard InChI is InChI=1S/C21H35N5O2/c1-4-23-21(26-12-9-17(10-13-26)15-20(27)22-2)25-16-18-5-7-19(8-6-18)24-11-14-28-3/h5-8,17,24H,4,9-16H2,1-3H3,(H,22,27)(H,23,25). The molecule has 1 aliphatic rings. The fraction of sp³-hybridized carbons (Fsp3) is 0.619. The molecule has 7 heteroatoms. The summed E-state index contributed by atoms with van der Waals surface area (Å²) >= 11 is 0. The maximum absolute atomic E-state index is 11.6. The van der Waals surface area contributed by atoms with Crippen molar-refractivity contribution in [1.29, 1.82) is 0 Å². The number of ether oxygens (including phenoxy) is 1. The van der Waals surface area contributed by atoms with Crippen LogP contribution in [0.25, 0.3) is 0 Å². The smallest absolute Gasteiger partial charge is 0.220 e. The maximum atomic E-state index is 11.6. The van der Waals surface area contributed by atoms with Gasteiger partial charge in [-0.1, -0.05) is 12.1 Å². The molecule has 0 atom stereocenters. The quantitative estimate of drug-likeness (QED) is 0.342. The zero-order valence-electron chi connectivity index (χ0n) is 17.5. The maximum Gasteiger partial charge on any atom is 0.220 e. The van der Waals surface area contributed by atoms with Gasteiger partial charge in [0, 0.05) is 52.4 Å². The number of amides is 1. The number of nitrogens with zero attached hydrogens (tertiary/aromatic N) is 2. The minimum Gasteiger partial charge on any atom is -0.383 e. The van der Waals surface area contributed by atoms with Gasteiger partial charge in [0.1, 0.15) is 0 Å². The Kier molecular flexibility index (Phi) is 9.62. The number of hydrogen-bond acceptors (Lipinski definition) is 4. The molecule has 1 fully saturated rings. The number of piperidine rings is 1. The van der Waals surface area contributed by atoms with Crippen LogP contribution in [0.5, 0.6) is 0 Å². The number of aliphatic imine (C=N–C) groups is 1. The number of anilines is 1. The van der Waals surface area contributed by atoms with Crippen LogP contribution in [-0.2, 0) is 16.1 Å². The van der Waals surface area contributed by atoms with Crippen LogP contribution in [0.4, 0.5) is 5.69 Å². The molecule has 1 heterocycles. The van der Waals surface area contributed by atoms with Crippen molar-refractivity contribution in [2.24, 2.45) is 10.9 Å². The van der Waals surface area contributed by atoms with Crippen LogP contribution in [0.2, 0.25) is 0 Å². The van der Waals surface area contributed by atoms with Crippen LogP contribution >= 0.6 is 0 Å². The second kappa shape index (κ2) is 12.2. The molecule has 0 saturated carbocycles. The molecule has 0 unspecified atom stereocenters. The van der Waals surface area contributed by atoms with E-state index in [2.05, 4.69) is 52.0 Å². The van der Waals surface area contributed by atoms with Gasteiger partial charge in [0.15, 0.2) is 5.96 Å². The third-order valence-electron chi connectivity index (χ3n) is 5.00. The summed E-state index contributed by atoms with van der Waals surface area (Å²) in [6.07, 6.45) is 2.68. The monoisotopic (exact) mass is 389 g/mol. The Morgan fingerprint density at radius 1 is 1.25 bits per heavy atom. The van der Waals surface area contributed by atoms with Gasteiger partial charge in [0.05, 0.1) is 13.2 Å². The summed E-state index contributed by atoms with van der Waals surface area (Å²) in [7, 11) is 3.41. The number of methoxy groups -OCH3 is 1. The number of hydrogen-bond donors (Lipinski definition) is 3. The zero-order valence-corrected chi connectivity index (χ0v) is 17.5. The molecular formula is C21H35N5O2. The number of carbonyl (C=O) groups excluding carboxylic acids is 1. The summed E-state index contributed by atoms with van der Waals surface area (Å²) in [5.41, 5.74) is 2.28. The van der Waals surface area contributed by atoms with Crippen molar-refractivity contribution >= 4 is 17.6 Å². The van der Waals surface area contributed by atoms with Crippen molar-refractivity contribution in [2.45, 2.75) is 32.7 Å². The summed E-state index contributed by atoms with van der Waals surface area (Å²) < 4.78 is 5.05. The van der Waals surface area contributed by atoms with Crippen molar-refractivity contribution in [1.82, 2.24) is 15.5 Å². The first-order valence-electron chi connectivity index (χ1n) is 10.2. The van der Waals surface area contributed by atoms with Gasteiger partial charge in [-0.2, -0.15) is 0 Å². The fourth-order valence-electron chi connectivity index (χ4n) is 3.33. The molecule has 1 aliphatic heterocycles. The molecule has 156 valence electrons. The van der Waals surface area contributed by atoms with Gasteiger partial charge in [0.2, 0.25) is 5.91 Å². The molecule has 3 N–H and O–H groups in total. The Bertz CT molecular complexity index is 610. The van der Waals surface area contributed by atoms with E-state index in [9.17, 15) is 4.79 Å². The summed E-state index contributed by atoms with van der Waals surface area (Å²) in [4.78, 5) is 18.7. The van der Waals surface area contributed by atoms with Crippen molar-refractivity contribution in [3.8, 4) is 0 Å². The first-order chi connectivity index (χ1) is 13.7. The Hall–Kier alpha value is -2.28. The van der Waals surface area contributed by atoms with Crippen LogP contribution in [0.1, 0.15) is 31.7 Å². The first kappa shape index (κ1) is 22.0. The van der Waals surface area contributed by atoms with E-state index in [4.69, 9.17) is 9.73 Å². The summed E-state index contributed by atoms with van der Waals surface area (Å²) in [5.74, 6) is 1.57. The second-order valence-electron chi connectivity index (χ2n) is 7.09. The van der Waals surface area contributed by atoms with Crippen LogP contribution in [-0.4, -0.2) is 63.7 Å². The van der Waals surface area contributed by atoms with Crippen LogP contribution in [0, 0.1) is 5.92 Å². The number of carbonyl (C=O) groups is 1. The van der Waals surface area contributed by atoms with Gasteiger partial charge in [0.25, 0.3) is 0 Å². The molecule has 2 rings (SSSR count). The van der Waals surface area contributed by atoms with E-state index in [1.165, 1.54) is 5.56 Å². The molecule has 0 aromatic heterocycles. The van der Waals surface area contributed by atoms with Crippen molar-refractivity contribution in [2.75, 3.05) is 52.3 Å². The van der Waals surface area contributed by atoms with Crippen molar-refractivity contribution in [3.63, 3.8) is 0 Å². The molecule has 1 aromatic carbocycles. The minimum atomic E-state index is 0.138. The molecule has 1 amide bonds. The van der Waals surface area contributed by atoms with E-state index in [1.54, 1.807) is 14.2 Å². The highest BCUT2D eigenvalue weighted by Gasteiger charge is 2.23. The molecule has 7 nitrogen and oxygen atoms in total. The van der Waals surface area contributed by atoms with Gasteiger partial charge in [-0.05, 0) is 43.4 Å². The molecule has 0 bridgehead atoms. The molecule has 1 saturated heterocycles. The van der Waals surface area contributed by atoms with Gasteiger partial charge in [-0.15, -0.1) is 0 Å². The Labute approximate surface area is 168 Å². The van der Waals surface area contributed by atoms with E-state index < -0.39 is 0 Å². The number of benzene rings is 1. The highest BCUT2D eigenvalue weighted by molar-refractivity contribution is 5.80. The number of rotatable bonds is 9. The Morgan fingerprint density at radius 2 is 1.96 bits per heavy atom. The molecular weight excluding hydrogens is 354 g/mol. The molecule has 28 heavy (non-hydrogen) atoms. The lowest BCUT2D eigenvalue weighted by Crippen LogP contribution is -2.46. The van der Waals surface area contributed by atoms with E-state index in [0.717, 1.165) is 50.7 Å². The van der Waals surface area contributed by atoms with E-state index in [0.29, 0.717) is 25.5 Å². The van der Waals surface area contributed by atoms with Gasteiger partial charge < -0.3 is 25.6 Å². The lowest BCUT2D eigenvalue weighted by Gasteiger charge is -2.34. The largest absolute Gasteiger partial charge is 0.383 e. The number of likely N-dealkylation sites (tertiary alicyclic amines) is 1. The zero-order chi connectivity index (χ0) is 20.2. The number of nitrogens with one attached hydrogen (secondary N) is 3. The SMILES string of the molecule is CCNC(=NCc1ccc(NCCOC)cc1)N1CCC(CC(=O)NC)CC1. The average molecular weight is 390 g/mol. The van der Waals surface area contributed by atoms with Crippen LogP contribution < -0.4 is 16.0 Å². The third-order valence-corrected chi connectivity index (χ3v) is 5.00. The fourth-order valence-corrected chi connectivity index (χ4v) is 3.33. The molecule has 0 spiro atoms. The molecule has 1 aromatic rings. The van der Waals surface area contributed by atoms with Crippen molar-refractivity contribution < 1.29 is 9.53 Å². The van der Waals surface area contributed by atoms with Crippen molar-refractivity contribution in [3.05, 3.63) is 29.8 Å². The van der Waals surface area contributed by atoms with E-state index in [1.807, 2.05) is 0 Å². The first-order valence-corrected chi connectivity index (χ1v) is 10.2. The minimum absolute atomic E-state index is 0.138. The summed E-state index contributed by atoms with van der Waals surface area (Å²) in [6, 6.07) is 8.38. The predicted molar refractivity (Wildman–Crippen MR) is 115 cm³/mol. The summed E-state index contributed by atoms with van der Waals surface area (Å²) in [6.45, 7) is 6.96. The topological polar surface area (TPSA) is 78.0 Å². The molecule has 0 radical (unpaired) electrons. The third kappa shape index (κ3) is 7.38. The van der Waals surface area contributed by atoms with E-state index in [-0.39, 0.29) is 5.91 Å². The van der Waals surface area contributed by atoms with E-state index >= 15 is 0 Å². The lowest BCUT2D eigenvalue weighted by molar-refractivity contribution is -0.121. The lowest BCUT2D eigenvalue weighted by atomic mass is 9.93. The predicted octanol–water partition coefficient (Wildman–Crippen LogP) is 2.06. The van der Waals surface area contributed by atoms with Gasteiger partial charge >= 0.3 is 0 Å². The highest BCUT2D eigenvalue weighted by Crippen LogP contribution is 2.20. The van der Waals surface area contributed by atoms with Gasteiger partial charge in [-0.3, -0.25) is 4.79 Å². The number of guanidine groups is 1. The normalized spacial score (nSPS) is 15.4. The Morgan fingerprint density at radius 3 is 2.57 bits per heavy atom.